The van der Waals surface area contributed by atoms with Crippen LogP contribution in [0.3, 0.4) is 0 Å². The zero-order valence-corrected chi connectivity index (χ0v) is 20.6. The quantitative estimate of drug-likeness (QED) is 0.234. The van der Waals surface area contributed by atoms with Crippen molar-refractivity contribution in [3.63, 3.8) is 0 Å². The Labute approximate surface area is 215 Å². The van der Waals surface area contributed by atoms with Gasteiger partial charge < -0.3 is 18.8 Å². The van der Waals surface area contributed by atoms with Gasteiger partial charge in [0.05, 0.1) is 12.3 Å². The van der Waals surface area contributed by atoms with E-state index in [0.29, 0.717) is 37.4 Å². The van der Waals surface area contributed by atoms with E-state index < -0.39 is 0 Å². The number of hydrogen-bond donors (Lipinski definition) is 1. The second-order valence-electron chi connectivity index (χ2n) is 9.01. The van der Waals surface area contributed by atoms with Crippen molar-refractivity contribution in [1.29, 1.82) is 0 Å². The smallest absolute Gasteiger partial charge is 0.226 e. The summed E-state index contributed by atoms with van der Waals surface area (Å²) in [6.45, 7) is 3.03. The molecular weight excluding hydrogens is 464 g/mol. The number of aryl methyl sites for hydroxylation is 1. The molecule has 2 heterocycles. The number of aldehydes is 1. The number of aromatic nitrogens is 2. The van der Waals surface area contributed by atoms with Gasteiger partial charge >= 0.3 is 0 Å². The van der Waals surface area contributed by atoms with Crippen LogP contribution in [0.1, 0.15) is 38.5 Å². The first-order chi connectivity index (χ1) is 18.1. The van der Waals surface area contributed by atoms with Gasteiger partial charge in [0.15, 0.2) is 6.29 Å². The minimum atomic E-state index is 0.237. The van der Waals surface area contributed by atoms with Crippen LogP contribution in [0.25, 0.3) is 11.5 Å². The van der Waals surface area contributed by atoms with Gasteiger partial charge in [0.1, 0.15) is 17.3 Å². The van der Waals surface area contributed by atoms with Crippen LogP contribution in [-0.2, 0) is 19.4 Å². The molecule has 0 aliphatic rings. The van der Waals surface area contributed by atoms with E-state index in [0.717, 1.165) is 45.7 Å². The van der Waals surface area contributed by atoms with Crippen LogP contribution < -0.4 is 4.74 Å². The molecule has 6 heteroatoms. The lowest BCUT2D eigenvalue weighted by atomic mass is 10.0. The fourth-order valence-corrected chi connectivity index (χ4v) is 4.33. The number of nitrogens with zero attached hydrogens (tertiary/aromatic N) is 2. The van der Waals surface area contributed by atoms with E-state index in [4.69, 9.17) is 9.15 Å². The number of phenols is 1. The minimum Gasteiger partial charge on any atom is -0.508 e. The van der Waals surface area contributed by atoms with E-state index in [2.05, 4.69) is 4.98 Å². The van der Waals surface area contributed by atoms with Crippen molar-refractivity contribution in [2.75, 3.05) is 6.61 Å². The van der Waals surface area contributed by atoms with Crippen LogP contribution in [0.4, 0.5) is 0 Å². The molecule has 6 nitrogen and oxygen atoms in total. The van der Waals surface area contributed by atoms with Gasteiger partial charge in [0.25, 0.3) is 0 Å². The molecule has 1 N–H and O–H groups in total. The molecule has 0 atom stereocenters. The summed E-state index contributed by atoms with van der Waals surface area (Å²) in [5, 5.41) is 9.49. The topological polar surface area (TPSA) is 77.5 Å². The number of oxazole rings is 1. The van der Waals surface area contributed by atoms with E-state index in [1.165, 1.54) is 0 Å². The number of rotatable bonds is 10. The normalized spacial score (nSPS) is 10.9. The van der Waals surface area contributed by atoms with Crippen molar-refractivity contribution >= 4 is 6.29 Å². The molecule has 0 radical (unpaired) electrons. The van der Waals surface area contributed by atoms with Crippen LogP contribution >= 0.6 is 0 Å². The Morgan fingerprint density at radius 1 is 0.973 bits per heavy atom. The standard InChI is InChI=1S/C31H28N2O4/c1-22-30(32-31(37-22)25-7-3-2-4-8-25)14-15-36-29-9-5-6-24(17-29)16-26-19-33(20-27(26)21-34)18-23-10-12-28(35)13-11-23/h2-13,17,19-21,35H,14-16,18H2,1H3. The lowest BCUT2D eigenvalue weighted by Gasteiger charge is -2.08. The molecule has 5 rings (SSSR count). The van der Waals surface area contributed by atoms with Crippen LogP contribution in [-0.4, -0.2) is 27.6 Å². The van der Waals surface area contributed by atoms with Crippen molar-refractivity contribution in [1.82, 2.24) is 9.55 Å². The Hall–Kier alpha value is -4.58. The highest BCUT2D eigenvalue weighted by molar-refractivity contribution is 5.77. The van der Waals surface area contributed by atoms with Crippen molar-refractivity contribution in [2.24, 2.45) is 0 Å². The Balaban J connectivity index is 1.21. The number of carbonyl (C=O) groups excluding carboxylic acids is 1. The Bertz CT molecular complexity index is 1480. The molecular formula is C31H28N2O4. The van der Waals surface area contributed by atoms with Gasteiger partial charge in [-0.25, -0.2) is 4.98 Å². The average molecular weight is 493 g/mol. The Morgan fingerprint density at radius 3 is 2.57 bits per heavy atom. The fraction of sp³-hybridized carbons (Fsp3) is 0.161. The average Bonchev–Trinajstić information content (AvgIpc) is 3.48. The summed E-state index contributed by atoms with van der Waals surface area (Å²) in [5.74, 6) is 2.44. The van der Waals surface area contributed by atoms with Gasteiger partial charge in [-0.3, -0.25) is 4.79 Å². The van der Waals surface area contributed by atoms with E-state index in [9.17, 15) is 9.90 Å². The third kappa shape index (κ3) is 5.98. The van der Waals surface area contributed by atoms with Gasteiger partial charge in [-0.05, 0) is 66.4 Å². The monoisotopic (exact) mass is 492 g/mol. The third-order valence-electron chi connectivity index (χ3n) is 6.24. The molecule has 3 aromatic carbocycles. The summed E-state index contributed by atoms with van der Waals surface area (Å²) in [4.78, 5) is 16.4. The van der Waals surface area contributed by atoms with Gasteiger partial charge in [0.2, 0.25) is 5.89 Å². The molecule has 0 bridgehead atoms. The molecule has 0 amide bonds. The van der Waals surface area contributed by atoms with Crippen LogP contribution in [0.2, 0.25) is 0 Å². The number of ether oxygens (including phenoxy) is 1. The van der Waals surface area contributed by atoms with E-state index >= 15 is 0 Å². The molecule has 186 valence electrons. The number of benzene rings is 3. The first-order valence-corrected chi connectivity index (χ1v) is 12.2. The summed E-state index contributed by atoms with van der Waals surface area (Å²) in [6, 6.07) is 24.9. The van der Waals surface area contributed by atoms with Gasteiger partial charge in [-0.15, -0.1) is 0 Å². The van der Waals surface area contributed by atoms with Crippen molar-refractivity contribution in [3.05, 3.63) is 125 Å². The van der Waals surface area contributed by atoms with E-state index in [1.54, 1.807) is 12.1 Å². The Morgan fingerprint density at radius 2 is 1.78 bits per heavy atom. The molecule has 0 unspecified atom stereocenters. The first kappa shape index (κ1) is 24.1. The minimum absolute atomic E-state index is 0.237. The van der Waals surface area contributed by atoms with Crippen molar-refractivity contribution < 1.29 is 19.1 Å². The maximum absolute atomic E-state index is 11.7. The van der Waals surface area contributed by atoms with Gasteiger partial charge in [-0.2, -0.15) is 0 Å². The fourth-order valence-electron chi connectivity index (χ4n) is 4.33. The molecule has 0 fully saturated rings. The van der Waals surface area contributed by atoms with Crippen LogP contribution in [0.15, 0.2) is 95.7 Å². The van der Waals surface area contributed by atoms with Gasteiger partial charge in [-0.1, -0.05) is 42.5 Å². The number of phenolic OH excluding ortho intramolecular Hbond substituents is 1. The predicted molar refractivity (Wildman–Crippen MR) is 142 cm³/mol. The maximum Gasteiger partial charge on any atom is 0.226 e. The summed E-state index contributed by atoms with van der Waals surface area (Å²) >= 11 is 0. The first-order valence-electron chi connectivity index (χ1n) is 12.2. The second-order valence-corrected chi connectivity index (χ2v) is 9.01. The number of aromatic hydroxyl groups is 1. The van der Waals surface area contributed by atoms with Crippen molar-refractivity contribution in [3.8, 4) is 23.0 Å². The lowest BCUT2D eigenvalue weighted by Crippen LogP contribution is -2.03. The molecule has 0 spiro atoms. The van der Waals surface area contributed by atoms with Crippen LogP contribution in [0, 0.1) is 6.92 Å². The molecule has 0 saturated heterocycles. The molecule has 2 aromatic heterocycles. The molecule has 0 aliphatic carbocycles. The predicted octanol–water partition coefficient (Wildman–Crippen LogP) is 6.23. The third-order valence-corrected chi connectivity index (χ3v) is 6.24. The largest absolute Gasteiger partial charge is 0.508 e. The molecule has 5 aromatic rings. The highest BCUT2D eigenvalue weighted by atomic mass is 16.5. The summed E-state index contributed by atoms with van der Waals surface area (Å²) in [6.07, 6.45) is 6.02. The van der Waals surface area contributed by atoms with Gasteiger partial charge in [0, 0.05) is 36.5 Å². The Kier molecular flexibility index (Phi) is 7.17. The molecule has 37 heavy (non-hydrogen) atoms. The zero-order valence-electron chi connectivity index (χ0n) is 20.6. The summed E-state index contributed by atoms with van der Waals surface area (Å²) in [5.41, 5.74) is 5.58. The number of hydrogen-bond acceptors (Lipinski definition) is 5. The SMILES string of the molecule is Cc1oc(-c2ccccc2)nc1CCOc1cccc(Cc2cn(Cc3ccc(O)cc3)cc2C=O)c1. The molecule has 0 saturated carbocycles. The highest BCUT2D eigenvalue weighted by Gasteiger charge is 2.12. The number of carbonyl (C=O) groups is 1. The summed E-state index contributed by atoms with van der Waals surface area (Å²) in [7, 11) is 0. The zero-order chi connectivity index (χ0) is 25.6. The van der Waals surface area contributed by atoms with Crippen LogP contribution in [0.5, 0.6) is 11.5 Å². The second kappa shape index (κ2) is 11.0. The lowest BCUT2D eigenvalue weighted by molar-refractivity contribution is 0.112. The van der Waals surface area contributed by atoms with E-state index in [1.807, 2.05) is 90.6 Å². The highest BCUT2D eigenvalue weighted by Crippen LogP contribution is 2.23. The maximum atomic E-state index is 11.7. The molecule has 0 aliphatic heterocycles. The van der Waals surface area contributed by atoms with E-state index in [-0.39, 0.29) is 5.75 Å². The van der Waals surface area contributed by atoms with Crippen molar-refractivity contribution in [2.45, 2.75) is 26.3 Å². The summed E-state index contributed by atoms with van der Waals surface area (Å²) < 4.78 is 13.9.